The molecule has 4 aromatic rings. The summed E-state index contributed by atoms with van der Waals surface area (Å²) >= 11 is 0. The Morgan fingerprint density at radius 2 is 1.66 bits per heavy atom. The van der Waals surface area contributed by atoms with Gasteiger partial charge in [0.05, 0.1) is 31.6 Å². The Labute approximate surface area is 203 Å². The molecule has 0 saturated heterocycles. The van der Waals surface area contributed by atoms with Crippen LogP contribution in [0.5, 0.6) is 17.2 Å². The Bertz CT molecular complexity index is 1480. The van der Waals surface area contributed by atoms with Crippen molar-refractivity contribution in [1.29, 1.82) is 0 Å². The molecule has 0 aliphatic carbocycles. The highest BCUT2D eigenvalue weighted by atomic mass is 16.5. The molecule has 0 fully saturated rings. The van der Waals surface area contributed by atoms with Gasteiger partial charge in [-0.2, -0.15) is 0 Å². The van der Waals surface area contributed by atoms with Crippen molar-refractivity contribution >= 4 is 16.9 Å². The molecule has 6 nitrogen and oxygen atoms in total. The summed E-state index contributed by atoms with van der Waals surface area (Å²) in [7, 11) is 3.11. The van der Waals surface area contributed by atoms with Crippen LogP contribution < -0.4 is 19.6 Å². The van der Waals surface area contributed by atoms with Crippen LogP contribution in [-0.4, -0.2) is 20.2 Å². The average molecular weight is 471 g/mol. The number of benzene rings is 3. The molecule has 0 bridgehead atoms. The maximum atomic E-state index is 13.6. The van der Waals surface area contributed by atoms with E-state index in [0.29, 0.717) is 45.3 Å². The molecular weight excluding hydrogens is 444 g/mol. The van der Waals surface area contributed by atoms with Gasteiger partial charge in [0.1, 0.15) is 17.6 Å². The summed E-state index contributed by atoms with van der Waals surface area (Å²) in [6.45, 7) is 4.28. The second-order valence-electron chi connectivity index (χ2n) is 8.95. The molecule has 0 amide bonds. The SMILES string of the molecule is COc1ccc(-c2coc3c4c(ccc3c2=O)OC(=O)C[C@H]4c2ccc(C(C)C)cc2)cc1OC. The Hall–Kier alpha value is -4.06. The van der Waals surface area contributed by atoms with Gasteiger partial charge in [0.2, 0.25) is 5.43 Å². The average Bonchev–Trinajstić information content (AvgIpc) is 2.87. The molecule has 35 heavy (non-hydrogen) atoms. The third kappa shape index (κ3) is 3.95. The number of esters is 1. The molecule has 1 atom stereocenters. The number of rotatable bonds is 5. The summed E-state index contributed by atoms with van der Waals surface area (Å²) in [6.07, 6.45) is 1.63. The minimum absolute atomic E-state index is 0.174. The minimum Gasteiger partial charge on any atom is -0.493 e. The van der Waals surface area contributed by atoms with Crippen molar-refractivity contribution in [3.8, 4) is 28.4 Å². The standard InChI is InChI=1S/C29H26O6/c1-16(2)17-5-7-18(8-6-17)21-14-26(30)35-24-12-10-20-28(31)22(15-34-29(20)27(21)24)19-9-11-23(32-3)25(13-19)33-4/h5-13,15-16,21H,14H2,1-4H3/t21-/m0/s1. The van der Waals surface area contributed by atoms with Crippen molar-refractivity contribution < 1.29 is 23.4 Å². The molecule has 0 spiro atoms. The summed E-state index contributed by atoms with van der Waals surface area (Å²) in [4.78, 5) is 26.0. The number of carbonyl (C=O) groups excluding carboxylic acids is 1. The number of methoxy groups -OCH3 is 2. The van der Waals surface area contributed by atoms with Crippen LogP contribution >= 0.6 is 0 Å². The van der Waals surface area contributed by atoms with Gasteiger partial charge in [-0.1, -0.05) is 44.2 Å². The van der Waals surface area contributed by atoms with Gasteiger partial charge in [-0.3, -0.25) is 9.59 Å². The summed E-state index contributed by atoms with van der Waals surface area (Å²) in [5, 5.41) is 0.429. The molecule has 0 radical (unpaired) electrons. The first-order chi connectivity index (χ1) is 16.9. The van der Waals surface area contributed by atoms with E-state index in [1.165, 1.54) is 11.8 Å². The molecule has 1 aromatic heterocycles. The van der Waals surface area contributed by atoms with E-state index in [-0.39, 0.29) is 23.7 Å². The van der Waals surface area contributed by atoms with E-state index in [2.05, 4.69) is 26.0 Å². The van der Waals surface area contributed by atoms with Crippen molar-refractivity contribution in [1.82, 2.24) is 0 Å². The van der Waals surface area contributed by atoms with Gasteiger partial charge in [0, 0.05) is 11.5 Å². The lowest BCUT2D eigenvalue weighted by molar-refractivity contribution is -0.135. The number of fused-ring (bicyclic) bond motifs is 3. The van der Waals surface area contributed by atoms with Crippen LogP contribution in [0.4, 0.5) is 0 Å². The first-order valence-electron chi connectivity index (χ1n) is 11.5. The number of ether oxygens (including phenoxy) is 3. The van der Waals surface area contributed by atoms with Crippen molar-refractivity contribution in [3.63, 3.8) is 0 Å². The van der Waals surface area contributed by atoms with Crippen LogP contribution in [0.15, 0.2) is 70.1 Å². The second-order valence-corrected chi connectivity index (χ2v) is 8.95. The van der Waals surface area contributed by atoms with E-state index < -0.39 is 0 Å². The molecule has 2 heterocycles. The van der Waals surface area contributed by atoms with Crippen molar-refractivity contribution in [2.75, 3.05) is 14.2 Å². The molecule has 1 aliphatic heterocycles. The van der Waals surface area contributed by atoms with E-state index in [1.54, 1.807) is 44.6 Å². The largest absolute Gasteiger partial charge is 0.493 e. The van der Waals surface area contributed by atoms with E-state index in [1.807, 2.05) is 12.1 Å². The highest BCUT2D eigenvalue weighted by molar-refractivity contribution is 5.90. The fraction of sp³-hybridized carbons (Fsp3) is 0.241. The van der Waals surface area contributed by atoms with Crippen LogP contribution in [0, 0.1) is 0 Å². The van der Waals surface area contributed by atoms with Gasteiger partial charge in [-0.05, 0) is 46.9 Å². The molecular formula is C29H26O6. The summed E-state index contributed by atoms with van der Waals surface area (Å²) in [5.74, 6) is 1.34. The lowest BCUT2D eigenvalue weighted by Crippen LogP contribution is -2.22. The number of carbonyl (C=O) groups is 1. The normalized spacial score (nSPS) is 15.1. The fourth-order valence-corrected chi connectivity index (χ4v) is 4.66. The first kappa shape index (κ1) is 22.7. The van der Waals surface area contributed by atoms with Crippen LogP contribution in [0.2, 0.25) is 0 Å². The lowest BCUT2D eigenvalue weighted by atomic mass is 9.84. The third-order valence-corrected chi connectivity index (χ3v) is 6.58. The van der Waals surface area contributed by atoms with Gasteiger partial charge in [0.15, 0.2) is 11.5 Å². The molecule has 0 unspecified atom stereocenters. The zero-order chi connectivity index (χ0) is 24.7. The van der Waals surface area contributed by atoms with E-state index in [4.69, 9.17) is 18.6 Å². The summed E-state index contributed by atoms with van der Waals surface area (Å²) in [5.41, 5.74) is 4.24. The predicted molar refractivity (Wildman–Crippen MR) is 134 cm³/mol. The Balaban J connectivity index is 1.66. The topological polar surface area (TPSA) is 75.0 Å². The Morgan fingerprint density at radius 3 is 2.34 bits per heavy atom. The molecule has 6 heteroatoms. The monoisotopic (exact) mass is 470 g/mol. The maximum Gasteiger partial charge on any atom is 0.312 e. The second kappa shape index (κ2) is 8.95. The van der Waals surface area contributed by atoms with Gasteiger partial charge in [-0.15, -0.1) is 0 Å². The third-order valence-electron chi connectivity index (χ3n) is 6.58. The highest BCUT2D eigenvalue weighted by Crippen LogP contribution is 2.43. The van der Waals surface area contributed by atoms with Crippen molar-refractivity contribution in [3.05, 3.63) is 87.8 Å². The zero-order valence-electron chi connectivity index (χ0n) is 20.1. The van der Waals surface area contributed by atoms with E-state index in [9.17, 15) is 9.59 Å². The number of hydrogen-bond acceptors (Lipinski definition) is 6. The molecule has 1 aliphatic rings. The summed E-state index contributed by atoms with van der Waals surface area (Å²) < 4.78 is 22.3. The molecule has 0 saturated carbocycles. The van der Waals surface area contributed by atoms with Crippen LogP contribution in [0.25, 0.3) is 22.1 Å². The molecule has 178 valence electrons. The number of hydrogen-bond donors (Lipinski definition) is 0. The fourth-order valence-electron chi connectivity index (χ4n) is 4.66. The highest BCUT2D eigenvalue weighted by Gasteiger charge is 2.32. The first-order valence-corrected chi connectivity index (χ1v) is 11.5. The maximum absolute atomic E-state index is 13.6. The Kier molecular flexibility index (Phi) is 5.81. The van der Waals surface area contributed by atoms with Gasteiger partial charge in [0.25, 0.3) is 0 Å². The lowest BCUT2D eigenvalue weighted by Gasteiger charge is -2.26. The van der Waals surface area contributed by atoms with E-state index in [0.717, 1.165) is 11.1 Å². The van der Waals surface area contributed by atoms with Crippen LogP contribution in [0.1, 0.15) is 48.8 Å². The van der Waals surface area contributed by atoms with Gasteiger partial charge < -0.3 is 18.6 Å². The molecule has 3 aromatic carbocycles. The zero-order valence-corrected chi connectivity index (χ0v) is 20.1. The smallest absolute Gasteiger partial charge is 0.312 e. The van der Waals surface area contributed by atoms with Crippen LogP contribution in [0.3, 0.4) is 0 Å². The van der Waals surface area contributed by atoms with Gasteiger partial charge in [-0.25, -0.2) is 0 Å². The van der Waals surface area contributed by atoms with Gasteiger partial charge >= 0.3 is 5.97 Å². The molecule has 0 N–H and O–H groups in total. The molecule has 5 rings (SSSR count). The quantitative estimate of drug-likeness (QED) is 0.261. The van der Waals surface area contributed by atoms with E-state index >= 15 is 0 Å². The predicted octanol–water partition coefficient (Wildman–Crippen LogP) is 6.04. The van der Waals surface area contributed by atoms with Crippen LogP contribution in [-0.2, 0) is 4.79 Å². The van der Waals surface area contributed by atoms with Crippen molar-refractivity contribution in [2.45, 2.75) is 32.1 Å². The summed E-state index contributed by atoms with van der Waals surface area (Å²) in [6, 6.07) is 16.9. The minimum atomic E-state index is -0.306. The van der Waals surface area contributed by atoms with Crippen molar-refractivity contribution in [2.24, 2.45) is 0 Å². The Morgan fingerprint density at radius 1 is 0.914 bits per heavy atom.